The molecule has 0 amide bonds. The third-order valence-corrected chi connectivity index (χ3v) is 21.0. The van der Waals surface area contributed by atoms with Gasteiger partial charge in [0.25, 0.3) is 0 Å². The highest BCUT2D eigenvalue weighted by atomic mass is 31.1. The highest BCUT2D eigenvalue weighted by Crippen LogP contribution is 2.45. The van der Waals surface area contributed by atoms with Gasteiger partial charge in [0.05, 0.1) is 12.3 Å². The Balaban J connectivity index is 1.38. The van der Waals surface area contributed by atoms with Gasteiger partial charge in [0.1, 0.15) is 33.7 Å². The summed E-state index contributed by atoms with van der Waals surface area (Å²) in [6.07, 6.45) is 0. The normalized spacial score (nSPS) is 13.6. The molecule has 0 saturated heterocycles. The molecule has 0 heterocycles. The number of methoxy groups -OCH3 is 1. The maximum absolute atomic E-state index is 15.1. The topological polar surface area (TPSA) is 52.6 Å². The van der Waals surface area contributed by atoms with Gasteiger partial charge in [-0.2, -0.15) is 0 Å². The molecule has 0 bridgehead atoms. The van der Waals surface area contributed by atoms with Crippen molar-refractivity contribution >= 4 is 73.9 Å². The lowest BCUT2D eigenvalue weighted by atomic mass is 10.1. The molecule has 61 heavy (non-hydrogen) atoms. The van der Waals surface area contributed by atoms with E-state index in [-0.39, 0.29) is 5.16 Å². The zero-order valence-corrected chi connectivity index (χ0v) is 42.4. The van der Waals surface area contributed by atoms with Crippen molar-refractivity contribution in [2.75, 3.05) is 13.7 Å². The molecule has 0 fully saturated rings. The van der Waals surface area contributed by atoms with Crippen LogP contribution in [0.4, 0.5) is 0 Å². The first-order valence-corrected chi connectivity index (χ1v) is 26.6. The second-order valence-corrected chi connectivity index (χ2v) is 28.1. The standard InChI is InChI=1S/C53H64O4P4/c1-34-23-35(2)26-42(25-34)58(43-27-36(3)24-37(4)28-43)47-20-16-18-22-49(47)61(55)53(12,13)33-57-51-40(7)31-45(32-41(51)8)59(44-29-38(5)50(56-14)39(6)30-44)46-19-15-17-21-48(46)60(54)52(9,10)11/h15-32,60-61H,33H2,1-14H3. The molecule has 0 spiro atoms. The van der Waals surface area contributed by atoms with Crippen molar-refractivity contribution in [1.82, 2.24) is 0 Å². The predicted octanol–water partition coefficient (Wildman–Crippen LogP) is 10.7. The van der Waals surface area contributed by atoms with Gasteiger partial charge in [0.15, 0.2) is 0 Å². The Morgan fingerprint density at radius 1 is 0.475 bits per heavy atom. The van der Waals surface area contributed by atoms with Crippen LogP contribution in [-0.2, 0) is 9.13 Å². The molecule has 0 radical (unpaired) electrons. The summed E-state index contributed by atoms with van der Waals surface area (Å²) >= 11 is 0. The smallest absolute Gasteiger partial charge is 0.125 e. The third kappa shape index (κ3) is 10.4. The van der Waals surface area contributed by atoms with E-state index in [2.05, 4.69) is 187 Å². The average molecular weight is 889 g/mol. The minimum atomic E-state index is -2.39. The zero-order valence-electron chi connectivity index (χ0n) is 38.6. The minimum Gasteiger partial charge on any atom is -0.496 e. The number of aryl methyl sites for hydroxylation is 8. The van der Waals surface area contributed by atoms with Crippen LogP contribution >= 0.6 is 31.4 Å². The molecule has 0 aliphatic heterocycles. The SMILES string of the molecule is COc1c(C)cc(P(c2cc(C)c(OCC(C)(C)[PH](=O)c3ccccc3P(c3cc(C)cc(C)c3)c3cc(C)cc(C)c3)c(C)c2)c2ccccc2[PH](=O)C(C)(C)C)cc1C. The van der Waals surface area contributed by atoms with Gasteiger partial charge in [-0.25, -0.2) is 0 Å². The highest BCUT2D eigenvalue weighted by Gasteiger charge is 2.33. The van der Waals surface area contributed by atoms with Gasteiger partial charge in [-0.1, -0.05) is 128 Å². The van der Waals surface area contributed by atoms with E-state index in [0.717, 1.165) is 55.0 Å². The van der Waals surface area contributed by atoms with Gasteiger partial charge in [-0.3, -0.25) is 0 Å². The Kier molecular flexibility index (Phi) is 14.5. The summed E-state index contributed by atoms with van der Waals surface area (Å²) in [6.45, 7) is 27.7. The van der Waals surface area contributed by atoms with E-state index in [1.807, 2.05) is 12.1 Å². The van der Waals surface area contributed by atoms with E-state index < -0.39 is 36.6 Å². The predicted molar refractivity (Wildman–Crippen MR) is 271 cm³/mol. The van der Waals surface area contributed by atoms with Crippen molar-refractivity contribution in [2.45, 2.75) is 100 Å². The maximum Gasteiger partial charge on any atom is 0.125 e. The van der Waals surface area contributed by atoms with Crippen LogP contribution in [0.15, 0.2) is 109 Å². The lowest BCUT2D eigenvalue weighted by Crippen LogP contribution is -2.35. The molecule has 0 aliphatic carbocycles. The quantitative estimate of drug-likeness (QED) is 0.108. The molecule has 4 nitrogen and oxygen atoms in total. The molecule has 0 aromatic heterocycles. The van der Waals surface area contributed by atoms with Gasteiger partial charge in [-0.15, -0.1) is 0 Å². The lowest BCUT2D eigenvalue weighted by Gasteiger charge is -2.30. The molecule has 320 valence electrons. The second-order valence-electron chi connectivity index (χ2n) is 18.5. The van der Waals surface area contributed by atoms with Crippen molar-refractivity contribution in [3.63, 3.8) is 0 Å². The van der Waals surface area contributed by atoms with E-state index in [1.165, 1.54) is 43.5 Å². The second kappa shape index (κ2) is 18.9. The summed E-state index contributed by atoms with van der Waals surface area (Å²) in [4.78, 5) is 0. The van der Waals surface area contributed by atoms with E-state index in [9.17, 15) is 4.57 Å². The Bertz CT molecular complexity index is 2500. The molecule has 0 saturated carbocycles. The summed E-state index contributed by atoms with van der Waals surface area (Å²) in [7, 11) is -4.89. The largest absolute Gasteiger partial charge is 0.496 e. The van der Waals surface area contributed by atoms with Crippen molar-refractivity contribution in [2.24, 2.45) is 0 Å². The maximum atomic E-state index is 15.1. The highest BCUT2D eigenvalue weighted by molar-refractivity contribution is 7.81. The Hall–Kier alpha value is -3.76. The summed E-state index contributed by atoms with van der Waals surface area (Å²) in [6, 6.07) is 39.4. The summed E-state index contributed by atoms with van der Waals surface area (Å²) < 4.78 is 41.9. The van der Waals surface area contributed by atoms with Crippen molar-refractivity contribution in [1.29, 1.82) is 0 Å². The van der Waals surface area contributed by atoms with Crippen LogP contribution in [0.25, 0.3) is 0 Å². The van der Waals surface area contributed by atoms with E-state index in [4.69, 9.17) is 9.47 Å². The number of rotatable bonds is 13. The summed E-state index contributed by atoms with van der Waals surface area (Å²) in [5.41, 5.74) is 9.12. The lowest BCUT2D eigenvalue weighted by molar-refractivity contribution is 0.279. The number of hydrogen-bond donors (Lipinski definition) is 0. The molecule has 6 rings (SSSR count). The van der Waals surface area contributed by atoms with Crippen LogP contribution in [0, 0.1) is 55.4 Å². The Morgan fingerprint density at radius 2 is 0.820 bits per heavy atom. The zero-order chi connectivity index (χ0) is 44.6. The fourth-order valence-electron chi connectivity index (χ4n) is 8.48. The molecule has 8 heteroatoms. The molecular formula is C53H64O4P4. The van der Waals surface area contributed by atoms with Crippen molar-refractivity contribution in [3.05, 3.63) is 154 Å². The summed E-state index contributed by atoms with van der Waals surface area (Å²) in [5, 5.41) is 8.04. The van der Waals surface area contributed by atoms with Crippen LogP contribution in [0.5, 0.6) is 11.5 Å². The Morgan fingerprint density at radius 3 is 1.20 bits per heavy atom. The molecule has 3 atom stereocenters. The molecular weight excluding hydrogens is 824 g/mol. The first-order valence-electron chi connectivity index (χ1n) is 21.1. The third-order valence-electron chi connectivity index (χ3n) is 11.2. The van der Waals surface area contributed by atoms with Crippen LogP contribution < -0.4 is 51.9 Å². The molecule has 6 aromatic carbocycles. The first kappa shape index (κ1) is 46.7. The van der Waals surface area contributed by atoms with Gasteiger partial charge in [0.2, 0.25) is 0 Å². The van der Waals surface area contributed by atoms with Gasteiger partial charge < -0.3 is 18.6 Å². The summed E-state index contributed by atoms with van der Waals surface area (Å²) in [5.74, 6) is 1.71. The van der Waals surface area contributed by atoms with Crippen LogP contribution in [0.2, 0.25) is 0 Å². The van der Waals surface area contributed by atoms with Crippen molar-refractivity contribution in [3.8, 4) is 11.5 Å². The molecule has 0 aliphatic rings. The van der Waals surface area contributed by atoms with E-state index >= 15 is 4.57 Å². The van der Waals surface area contributed by atoms with Crippen LogP contribution in [0.3, 0.4) is 0 Å². The fraction of sp³-hybridized carbons (Fsp3) is 0.321. The van der Waals surface area contributed by atoms with Gasteiger partial charge >= 0.3 is 0 Å². The van der Waals surface area contributed by atoms with Crippen LogP contribution in [0.1, 0.15) is 79.1 Å². The van der Waals surface area contributed by atoms with Crippen LogP contribution in [-0.4, -0.2) is 24.0 Å². The van der Waals surface area contributed by atoms with Crippen molar-refractivity contribution < 1.29 is 18.6 Å². The molecule has 0 N–H and O–H groups in total. The Labute approximate surface area is 370 Å². The fourth-order valence-corrected chi connectivity index (χ4v) is 18.1. The van der Waals surface area contributed by atoms with E-state index in [1.54, 1.807) is 7.11 Å². The average Bonchev–Trinajstić information content (AvgIpc) is 3.16. The molecule has 3 unspecified atom stereocenters. The molecule has 6 aromatic rings. The van der Waals surface area contributed by atoms with E-state index in [0.29, 0.717) is 6.61 Å². The number of ether oxygens (including phenoxy) is 2. The monoisotopic (exact) mass is 888 g/mol. The minimum absolute atomic E-state index is 0.299. The van der Waals surface area contributed by atoms with Gasteiger partial charge in [0, 0.05) is 15.8 Å². The number of hydrogen-bond acceptors (Lipinski definition) is 4. The van der Waals surface area contributed by atoms with Gasteiger partial charge in [-0.05, 0) is 163 Å². The first-order chi connectivity index (χ1) is 28.7. The number of benzene rings is 6.